The zero-order valence-electron chi connectivity index (χ0n) is 17.9. The number of methoxy groups -OCH3 is 2. The highest BCUT2D eigenvalue weighted by Crippen LogP contribution is 2.56. The fourth-order valence-electron chi connectivity index (χ4n) is 4.32. The first-order valence-electron chi connectivity index (χ1n) is 9.76. The van der Waals surface area contributed by atoms with Gasteiger partial charge in [0.15, 0.2) is 5.78 Å². The summed E-state index contributed by atoms with van der Waals surface area (Å²) in [5.41, 5.74) is -0.590. The molecule has 3 rings (SSSR count). The molecule has 0 saturated heterocycles. The lowest BCUT2D eigenvalue weighted by Crippen LogP contribution is -2.61. The van der Waals surface area contributed by atoms with E-state index in [1.165, 1.54) is 31.4 Å². The topological polar surface area (TPSA) is 99.1 Å². The molecule has 1 aliphatic heterocycles. The first kappa shape index (κ1) is 23.8. The van der Waals surface area contributed by atoms with Gasteiger partial charge < -0.3 is 19.3 Å². The Kier molecular flexibility index (Phi) is 5.88. The lowest BCUT2D eigenvalue weighted by atomic mass is 9.66. The highest BCUT2D eigenvalue weighted by atomic mass is 19.4. The molecule has 1 N–H and O–H groups in total. The molecule has 1 aromatic carbocycles. The number of benzene rings is 1. The fraction of sp³-hybridized carbons (Fsp3) is 0.500. The molecule has 2 aliphatic rings. The normalized spacial score (nSPS) is 27.3. The SMILES string of the molecule is COC(=O)c1ccc([C@H]2C3=C(CC(C)(C)CC3=O)O[C@@](O)(C(F)(F)F)[C@@H]2C(=O)OC)cc1. The molecule has 0 saturated carbocycles. The maximum Gasteiger partial charge on any atom is 0.456 e. The van der Waals surface area contributed by atoms with Crippen molar-refractivity contribution in [2.45, 2.75) is 44.6 Å². The molecule has 0 fully saturated rings. The predicted octanol–water partition coefficient (Wildman–Crippen LogP) is 3.27. The number of carbonyl (C=O) groups is 3. The second-order valence-electron chi connectivity index (χ2n) is 8.67. The van der Waals surface area contributed by atoms with Gasteiger partial charge in [0.05, 0.1) is 19.8 Å². The molecule has 32 heavy (non-hydrogen) atoms. The van der Waals surface area contributed by atoms with E-state index in [4.69, 9.17) is 4.74 Å². The summed E-state index contributed by atoms with van der Waals surface area (Å²) in [6.45, 7) is 3.38. The van der Waals surface area contributed by atoms with Gasteiger partial charge in [-0.05, 0) is 23.1 Å². The van der Waals surface area contributed by atoms with Crippen molar-refractivity contribution >= 4 is 17.7 Å². The highest BCUT2D eigenvalue weighted by molar-refractivity contribution is 6.00. The average Bonchev–Trinajstić information content (AvgIpc) is 2.70. The molecular weight excluding hydrogens is 433 g/mol. The molecule has 1 aromatic rings. The van der Waals surface area contributed by atoms with Gasteiger partial charge in [-0.25, -0.2) is 4.79 Å². The van der Waals surface area contributed by atoms with Crippen LogP contribution in [0.5, 0.6) is 0 Å². The summed E-state index contributed by atoms with van der Waals surface area (Å²) < 4.78 is 56.4. The molecular formula is C22H23F3O7. The summed E-state index contributed by atoms with van der Waals surface area (Å²) in [4.78, 5) is 37.3. The zero-order chi connectivity index (χ0) is 24.1. The second-order valence-corrected chi connectivity index (χ2v) is 8.67. The van der Waals surface area contributed by atoms with E-state index >= 15 is 0 Å². The first-order valence-corrected chi connectivity index (χ1v) is 9.76. The number of aliphatic hydroxyl groups is 1. The van der Waals surface area contributed by atoms with Crippen LogP contribution in [0.15, 0.2) is 35.6 Å². The molecule has 0 bridgehead atoms. The number of ether oxygens (including phenoxy) is 3. The molecule has 0 amide bonds. The van der Waals surface area contributed by atoms with Gasteiger partial charge in [0.2, 0.25) is 0 Å². The summed E-state index contributed by atoms with van der Waals surface area (Å²) in [6.07, 6.45) is -5.40. The van der Waals surface area contributed by atoms with Gasteiger partial charge in [0.25, 0.3) is 0 Å². The van der Waals surface area contributed by atoms with E-state index in [1.54, 1.807) is 13.8 Å². The van der Waals surface area contributed by atoms with Crippen molar-refractivity contribution in [1.82, 2.24) is 0 Å². The monoisotopic (exact) mass is 456 g/mol. The number of halogens is 3. The third kappa shape index (κ3) is 3.87. The van der Waals surface area contributed by atoms with Crippen molar-refractivity contribution in [2.24, 2.45) is 11.3 Å². The van der Waals surface area contributed by atoms with Crippen LogP contribution < -0.4 is 0 Å². The van der Waals surface area contributed by atoms with Crippen molar-refractivity contribution in [3.8, 4) is 0 Å². The molecule has 1 aliphatic carbocycles. The van der Waals surface area contributed by atoms with Crippen LogP contribution >= 0.6 is 0 Å². The summed E-state index contributed by atoms with van der Waals surface area (Å²) in [5.74, 6) is -10.6. The van der Waals surface area contributed by atoms with Crippen molar-refractivity contribution in [3.05, 3.63) is 46.7 Å². The largest absolute Gasteiger partial charge is 0.469 e. The first-order chi connectivity index (χ1) is 14.8. The number of alkyl halides is 3. The summed E-state index contributed by atoms with van der Waals surface area (Å²) in [5, 5.41) is 10.7. The Balaban J connectivity index is 2.27. The third-order valence-corrected chi connectivity index (χ3v) is 5.78. The molecule has 0 unspecified atom stereocenters. The molecule has 1 heterocycles. The minimum atomic E-state index is -5.38. The van der Waals surface area contributed by atoms with E-state index in [9.17, 15) is 32.7 Å². The summed E-state index contributed by atoms with van der Waals surface area (Å²) in [7, 11) is 2.05. The number of carbonyl (C=O) groups excluding carboxylic acids is 3. The number of Topliss-reactive ketones (excluding diaryl/α,β-unsaturated/α-hetero) is 1. The maximum absolute atomic E-state index is 14.1. The molecule has 0 aromatic heterocycles. The number of hydrogen-bond acceptors (Lipinski definition) is 7. The molecule has 7 nitrogen and oxygen atoms in total. The third-order valence-electron chi connectivity index (χ3n) is 5.78. The second kappa shape index (κ2) is 7.91. The maximum atomic E-state index is 14.1. The van der Waals surface area contributed by atoms with Crippen molar-refractivity contribution < 1.29 is 46.9 Å². The molecule has 174 valence electrons. The van der Waals surface area contributed by atoms with Gasteiger partial charge in [-0.2, -0.15) is 13.2 Å². The number of esters is 2. The Hall–Kier alpha value is -2.88. The van der Waals surface area contributed by atoms with Crippen molar-refractivity contribution in [3.63, 3.8) is 0 Å². The van der Waals surface area contributed by atoms with E-state index < -0.39 is 46.9 Å². The van der Waals surface area contributed by atoms with Crippen LogP contribution in [0.25, 0.3) is 0 Å². The zero-order valence-corrected chi connectivity index (χ0v) is 17.9. The number of rotatable bonds is 3. The standard InChI is InChI=1S/C22H23F3O7/c1-20(2)9-13(26)16-14(10-20)32-21(29,22(23,24)25)17(19(28)31-4)15(16)11-5-7-12(8-6-11)18(27)30-3/h5-8,15,17,29H,9-10H2,1-4H3/t15-,17-,21+/m0/s1. The number of allylic oxidation sites excluding steroid dienone is 2. The van der Waals surface area contributed by atoms with E-state index in [2.05, 4.69) is 9.47 Å². The van der Waals surface area contributed by atoms with Gasteiger partial charge in [-0.1, -0.05) is 26.0 Å². The number of hydrogen-bond donors (Lipinski definition) is 1. The smallest absolute Gasteiger partial charge is 0.456 e. The Morgan fingerprint density at radius 1 is 1.09 bits per heavy atom. The average molecular weight is 456 g/mol. The lowest BCUT2D eigenvalue weighted by molar-refractivity contribution is -0.378. The minimum absolute atomic E-state index is 0.0181. The van der Waals surface area contributed by atoms with Crippen molar-refractivity contribution in [2.75, 3.05) is 14.2 Å². The summed E-state index contributed by atoms with van der Waals surface area (Å²) in [6, 6.07) is 5.23. The lowest BCUT2D eigenvalue weighted by Gasteiger charge is -2.47. The van der Waals surface area contributed by atoms with Crippen LogP contribution in [-0.2, 0) is 23.8 Å². The Labute approximate surface area is 182 Å². The molecule has 0 radical (unpaired) electrons. The van der Waals surface area contributed by atoms with Crippen LogP contribution in [0, 0.1) is 11.3 Å². The predicted molar refractivity (Wildman–Crippen MR) is 103 cm³/mol. The quantitative estimate of drug-likeness (QED) is 0.697. The van der Waals surface area contributed by atoms with Gasteiger partial charge in [-0.15, -0.1) is 0 Å². The molecule has 10 heteroatoms. The van der Waals surface area contributed by atoms with E-state index in [0.29, 0.717) is 0 Å². The van der Waals surface area contributed by atoms with E-state index in [-0.39, 0.29) is 35.3 Å². The van der Waals surface area contributed by atoms with Gasteiger partial charge in [0.1, 0.15) is 11.7 Å². The van der Waals surface area contributed by atoms with Crippen LogP contribution in [0.1, 0.15) is 48.5 Å². The van der Waals surface area contributed by atoms with Crippen LogP contribution in [-0.4, -0.2) is 49.0 Å². The van der Waals surface area contributed by atoms with E-state index in [1.807, 2.05) is 0 Å². The van der Waals surface area contributed by atoms with Crippen molar-refractivity contribution in [1.29, 1.82) is 0 Å². The van der Waals surface area contributed by atoms with Gasteiger partial charge in [0, 0.05) is 24.3 Å². The van der Waals surface area contributed by atoms with Gasteiger partial charge >= 0.3 is 23.9 Å². The number of ketones is 1. The van der Waals surface area contributed by atoms with Crippen LogP contribution in [0.4, 0.5) is 13.2 Å². The van der Waals surface area contributed by atoms with E-state index in [0.717, 1.165) is 7.11 Å². The minimum Gasteiger partial charge on any atom is -0.469 e. The Morgan fingerprint density at radius 3 is 2.19 bits per heavy atom. The molecule has 3 atom stereocenters. The fourth-order valence-corrected chi connectivity index (χ4v) is 4.32. The van der Waals surface area contributed by atoms with Crippen LogP contribution in [0.3, 0.4) is 0 Å². The molecule has 0 spiro atoms. The highest BCUT2D eigenvalue weighted by Gasteiger charge is 2.70. The Bertz CT molecular complexity index is 978. The van der Waals surface area contributed by atoms with Crippen LogP contribution in [0.2, 0.25) is 0 Å². The van der Waals surface area contributed by atoms with Gasteiger partial charge in [-0.3, -0.25) is 9.59 Å². The Morgan fingerprint density at radius 2 is 1.69 bits per heavy atom. The summed E-state index contributed by atoms with van der Waals surface area (Å²) >= 11 is 0.